The molecule has 1 aromatic rings. The zero-order valence-corrected chi connectivity index (χ0v) is 12.7. The van der Waals surface area contributed by atoms with E-state index in [1.54, 1.807) is 6.07 Å². The Bertz CT molecular complexity index is 377. The van der Waals surface area contributed by atoms with Crippen LogP contribution in [0.25, 0.3) is 0 Å². The third-order valence-corrected chi connectivity index (χ3v) is 3.56. The molecule has 3 heteroatoms. The van der Waals surface area contributed by atoms with Crippen LogP contribution in [0.5, 0.6) is 0 Å². The first-order chi connectivity index (χ1) is 8.65. The minimum atomic E-state index is -0.245. The fourth-order valence-corrected chi connectivity index (χ4v) is 2.24. The average Bonchev–Trinajstić information content (AvgIpc) is 2.35. The maximum atomic E-state index is 11.9. The van der Waals surface area contributed by atoms with E-state index in [1.807, 2.05) is 25.1 Å². The van der Waals surface area contributed by atoms with Gasteiger partial charge in [0.25, 0.3) is 0 Å². The summed E-state index contributed by atoms with van der Waals surface area (Å²) in [6.45, 7) is 4.15. The van der Waals surface area contributed by atoms with Crippen LogP contribution >= 0.6 is 15.9 Å². The number of carbonyl (C=O) groups excluding carboxylic acids is 1. The normalized spacial score (nSPS) is 12.2. The minimum Gasteiger partial charge on any atom is -0.459 e. The highest BCUT2D eigenvalue weighted by Crippen LogP contribution is 2.18. The van der Waals surface area contributed by atoms with Gasteiger partial charge in [0.2, 0.25) is 0 Å². The van der Waals surface area contributed by atoms with Crippen LogP contribution in [-0.2, 0) is 4.74 Å². The smallest absolute Gasteiger partial charge is 0.339 e. The molecule has 0 fully saturated rings. The number of carbonyl (C=O) groups is 1. The lowest BCUT2D eigenvalue weighted by Gasteiger charge is -2.13. The average molecular weight is 313 g/mol. The first kappa shape index (κ1) is 15.2. The second-order valence-corrected chi connectivity index (χ2v) is 5.40. The Labute approximate surface area is 118 Å². The third kappa shape index (κ3) is 5.21. The second-order valence-electron chi connectivity index (χ2n) is 4.55. The number of esters is 1. The molecule has 100 valence electrons. The maximum absolute atomic E-state index is 11.9. The Hall–Kier alpha value is -0.830. The number of ether oxygens (including phenoxy) is 1. The van der Waals surface area contributed by atoms with Gasteiger partial charge in [-0.3, -0.25) is 0 Å². The lowest BCUT2D eigenvalue weighted by atomic mass is 10.1. The molecule has 0 saturated heterocycles. The largest absolute Gasteiger partial charge is 0.459 e. The molecule has 0 radical (unpaired) electrons. The Balaban J connectivity index is 2.38. The van der Waals surface area contributed by atoms with Crippen LogP contribution in [0.4, 0.5) is 0 Å². The molecule has 2 nitrogen and oxygen atoms in total. The standard InChI is InChI=1S/C15H21BrO2/c1-3-4-5-6-9-12(2)18-15(17)13-10-7-8-11-14(13)16/h7-8,10-12H,3-6,9H2,1-2H3/t12-/m1/s1. The first-order valence-corrected chi connectivity index (χ1v) is 7.40. The predicted octanol–water partition coefficient (Wildman–Crippen LogP) is 4.96. The first-order valence-electron chi connectivity index (χ1n) is 6.60. The van der Waals surface area contributed by atoms with E-state index in [0.29, 0.717) is 5.56 Å². The Kier molecular flexibility index (Phi) is 7.02. The van der Waals surface area contributed by atoms with E-state index < -0.39 is 0 Å². The van der Waals surface area contributed by atoms with Crippen LogP contribution in [0.1, 0.15) is 56.3 Å². The Morgan fingerprint density at radius 3 is 2.67 bits per heavy atom. The SMILES string of the molecule is CCCCCC[C@@H](C)OC(=O)c1ccccc1Br. The summed E-state index contributed by atoms with van der Waals surface area (Å²) >= 11 is 3.36. The molecule has 0 unspecified atom stereocenters. The van der Waals surface area contributed by atoms with Crippen molar-refractivity contribution in [2.75, 3.05) is 0 Å². The Morgan fingerprint density at radius 2 is 2.00 bits per heavy atom. The topological polar surface area (TPSA) is 26.3 Å². The van der Waals surface area contributed by atoms with Gasteiger partial charge in [-0.25, -0.2) is 4.79 Å². The molecule has 0 saturated carbocycles. The molecule has 1 atom stereocenters. The van der Waals surface area contributed by atoms with Gasteiger partial charge in [0.1, 0.15) is 0 Å². The Morgan fingerprint density at radius 1 is 1.28 bits per heavy atom. The van der Waals surface area contributed by atoms with Crippen molar-refractivity contribution in [3.63, 3.8) is 0 Å². The van der Waals surface area contributed by atoms with E-state index >= 15 is 0 Å². The van der Waals surface area contributed by atoms with Crippen LogP contribution < -0.4 is 0 Å². The van der Waals surface area contributed by atoms with E-state index in [2.05, 4.69) is 22.9 Å². The minimum absolute atomic E-state index is 0.0125. The van der Waals surface area contributed by atoms with Crippen molar-refractivity contribution >= 4 is 21.9 Å². The van der Waals surface area contributed by atoms with Gasteiger partial charge in [0, 0.05) is 4.47 Å². The quantitative estimate of drug-likeness (QED) is 0.525. The van der Waals surface area contributed by atoms with Gasteiger partial charge in [-0.05, 0) is 47.8 Å². The van der Waals surface area contributed by atoms with E-state index in [1.165, 1.54) is 19.3 Å². The number of hydrogen-bond donors (Lipinski definition) is 0. The van der Waals surface area contributed by atoms with Crippen LogP contribution in [0.2, 0.25) is 0 Å². The van der Waals surface area contributed by atoms with Gasteiger partial charge in [-0.2, -0.15) is 0 Å². The van der Waals surface area contributed by atoms with Gasteiger partial charge in [-0.15, -0.1) is 0 Å². The molecule has 0 bridgehead atoms. The fraction of sp³-hybridized carbons (Fsp3) is 0.533. The van der Waals surface area contributed by atoms with Gasteiger partial charge in [0.15, 0.2) is 0 Å². The summed E-state index contributed by atoms with van der Waals surface area (Å²) < 4.78 is 6.21. The summed E-state index contributed by atoms with van der Waals surface area (Å²) in [5.41, 5.74) is 0.595. The van der Waals surface area contributed by atoms with Gasteiger partial charge >= 0.3 is 5.97 Å². The number of halogens is 1. The second kappa shape index (κ2) is 8.30. The van der Waals surface area contributed by atoms with E-state index in [-0.39, 0.29) is 12.1 Å². The molecular weight excluding hydrogens is 292 g/mol. The molecule has 0 aliphatic rings. The molecular formula is C15H21BrO2. The van der Waals surface area contributed by atoms with Crippen molar-refractivity contribution in [2.45, 2.75) is 52.1 Å². The molecule has 0 spiro atoms. The highest BCUT2D eigenvalue weighted by Gasteiger charge is 2.14. The zero-order chi connectivity index (χ0) is 13.4. The van der Waals surface area contributed by atoms with E-state index in [0.717, 1.165) is 17.3 Å². The van der Waals surface area contributed by atoms with Crippen molar-refractivity contribution in [1.29, 1.82) is 0 Å². The monoisotopic (exact) mass is 312 g/mol. The van der Waals surface area contributed by atoms with Crippen LogP contribution in [0, 0.1) is 0 Å². The molecule has 18 heavy (non-hydrogen) atoms. The highest BCUT2D eigenvalue weighted by molar-refractivity contribution is 9.10. The summed E-state index contributed by atoms with van der Waals surface area (Å²) in [6, 6.07) is 7.35. The van der Waals surface area contributed by atoms with Gasteiger partial charge in [0.05, 0.1) is 11.7 Å². The molecule has 0 heterocycles. The van der Waals surface area contributed by atoms with Crippen molar-refractivity contribution in [3.8, 4) is 0 Å². The summed E-state index contributed by atoms with van der Waals surface area (Å²) in [5.74, 6) is -0.245. The van der Waals surface area contributed by atoms with Crippen LogP contribution in [-0.4, -0.2) is 12.1 Å². The molecule has 0 N–H and O–H groups in total. The number of unbranched alkanes of at least 4 members (excludes halogenated alkanes) is 3. The fourth-order valence-electron chi connectivity index (χ4n) is 1.79. The molecule has 0 aliphatic carbocycles. The van der Waals surface area contributed by atoms with Crippen molar-refractivity contribution in [1.82, 2.24) is 0 Å². The van der Waals surface area contributed by atoms with E-state index in [4.69, 9.17) is 4.74 Å². The molecule has 0 aliphatic heterocycles. The van der Waals surface area contributed by atoms with Crippen molar-refractivity contribution in [3.05, 3.63) is 34.3 Å². The van der Waals surface area contributed by atoms with Crippen LogP contribution in [0.15, 0.2) is 28.7 Å². The number of benzene rings is 1. The molecule has 0 aromatic heterocycles. The summed E-state index contributed by atoms with van der Waals surface area (Å²) in [5, 5.41) is 0. The predicted molar refractivity (Wildman–Crippen MR) is 77.8 cm³/mol. The lowest BCUT2D eigenvalue weighted by Crippen LogP contribution is -2.15. The lowest BCUT2D eigenvalue weighted by molar-refractivity contribution is 0.0318. The van der Waals surface area contributed by atoms with Gasteiger partial charge < -0.3 is 4.74 Å². The van der Waals surface area contributed by atoms with Crippen LogP contribution in [0.3, 0.4) is 0 Å². The highest BCUT2D eigenvalue weighted by atomic mass is 79.9. The van der Waals surface area contributed by atoms with Crippen molar-refractivity contribution in [2.24, 2.45) is 0 Å². The summed E-state index contributed by atoms with van der Waals surface area (Å²) in [4.78, 5) is 11.9. The summed E-state index contributed by atoms with van der Waals surface area (Å²) in [6.07, 6.45) is 5.75. The van der Waals surface area contributed by atoms with Crippen molar-refractivity contribution < 1.29 is 9.53 Å². The maximum Gasteiger partial charge on any atom is 0.339 e. The third-order valence-electron chi connectivity index (χ3n) is 2.87. The number of rotatable bonds is 7. The molecule has 1 aromatic carbocycles. The summed E-state index contributed by atoms with van der Waals surface area (Å²) in [7, 11) is 0. The molecule has 1 rings (SSSR count). The van der Waals surface area contributed by atoms with Gasteiger partial charge in [-0.1, -0.05) is 38.3 Å². The van der Waals surface area contributed by atoms with E-state index in [9.17, 15) is 4.79 Å². The zero-order valence-electron chi connectivity index (χ0n) is 11.1. The number of hydrogen-bond acceptors (Lipinski definition) is 2. The molecule has 0 amide bonds.